The van der Waals surface area contributed by atoms with Crippen LogP contribution in [-0.2, 0) is 6.42 Å². The van der Waals surface area contributed by atoms with Crippen molar-refractivity contribution in [2.75, 3.05) is 0 Å². The van der Waals surface area contributed by atoms with Crippen LogP contribution < -0.4 is 0 Å². The van der Waals surface area contributed by atoms with Crippen LogP contribution in [0.5, 0.6) is 0 Å². The van der Waals surface area contributed by atoms with Gasteiger partial charge in [-0.05, 0) is 93.3 Å². The van der Waals surface area contributed by atoms with E-state index in [0.717, 1.165) is 6.42 Å². The lowest BCUT2D eigenvalue weighted by atomic mass is 9.88. The van der Waals surface area contributed by atoms with E-state index in [4.69, 9.17) is 0 Å². The molecule has 0 heteroatoms. The molecular weight excluding hydrogens is 444 g/mol. The van der Waals surface area contributed by atoms with Crippen LogP contribution in [0.4, 0.5) is 0 Å². The van der Waals surface area contributed by atoms with Gasteiger partial charge in [0.15, 0.2) is 0 Å². The van der Waals surface area contributed by atoms with Gasteiger partial charge in [0.2, 0.25) is 0 Å². The summed E-state index contributed by atoms with van der Waals surface area (Å²) in [4.78, 5) is 0. The Morgan fingerprint density at radius 1 is 0.324 bits per heavy atom. The summed E-state index contributed by atoms with van der Waals surface area (Å²) in [6.45, 7) is 0. The fourth-order valence-corrected chi connectivity index (χ4v) is 7.18. The Balaban J connectivity index is 1.50. The van der Waals surface area contributed by atoms with Gasteiger partial charge >= 0.3 is 0 Å². The first kappa shape index (κ1) is 19.5. The molecule has 0 aromatic heterocycles. The van der Waals surface area contributed by atoms with Crippen LogP contribution in [-0.4, -0.2) is 0 Å². The molecule has 0 spiro atoms. The summed E-state index contributed by atoms with van der Waals surface area (Å²) in [6, 6.07) is 45.1. The molecule has 0 saturated carbocycles. The first-order valence-electron chi connectivity index (χ1n) is 13.1. The van der Waals surface area contributed by atoms with Crippen molar-refractivity contribution in [2.45, 2.75) is 6.42 Å². The van der Waals surface area contributed by atoms with E-state index in [9.17, 15) is 0 Å². The Hall–Kier alpha value is -4.68. The molecule has 0 atom stereocenters. The summed E-state index contributed by atoms with van der Waals surface area (Å²) in [6.07, 6.45) is 0.962. The Bertz CT molecular complexity index is 2230. The van der Waals surface area contributed by atoms with Crippen LogP contribution in [0, 0.1) is 0 Å². The molecule has 9 rings (SSSR count). The highest BCUT2D eigenvalue weighted by Gasteiger charge is 2.27. The van der Waals surface area contributed by atoms with Gasteiger partial charge in [0.1, 0.15) is 0 Å². The first-order chi connectivity index (χ1) is 18.4. The van der Waals surface area contributed by atoms with Crippen molar-refractivity contribution in [2.24, 2.45) is 0 Å². The molecule has 0 unspecified atom stereocenters. The topological polar surface area (TPSA) is 0 Å². The molecule has 37 heavy (non-hydrogen) atoms. The number of hydrogen-bond donors (Lipinski definition) is 0. The van der Waals surface area contributed by atoms with E-state index >= 15 is 0 Å². The monoisotopic (exact) mass is 466 g/mol. The minimum absolute atomic E-state index is 0.962. The first-order valence-corrected chi connectivity index (χ1v) is 13.1. The Labute approximate surface area is 214 Å². The molecule has 0 radical (unpaired) electrons. The van der Waals surface area contributed by atoms with E-state index < -0.39 is 0 Å². The zero-order chi connectivity index (χ0) is 24.1. The summed E-state index contributed by atoms with van der Waals surface area (Å²) < 4.78 is 0. The fraction of sp³-hybridized carbons (Fsp3) is 0.0270. The average Bonchev–Trinajstić information content (AvgIpc) is 3.37. The van der Waals surface area contributed by atoms with Crippen molar-refractivity contribution in [1.29, 1.82) is 0 Å². The van der Waals surface area contributed by atoms with E-state index in [2.05, 4.69) is 121 Å². The van der Waals surface area contributed by atoms with Crippen LogP contribution in [0.3, 0.4) is 0 Å². The van der Waals surface area contributed by atoms with Crippen molar-refractivity contribution < 1.29 is 0 Å². The van der Waals surface area contributed by atoms with Crippen LogP contribution in [0.1, 0.15) is 11.1 Å². The van der Waals surface area contributed by atoms with Crippen molar-refractivity contribution in [3.63, 3.8) is 0 Å². The molecular formula is C37H22. The lowest BCUT2D eigenvalue weighted by Crippen LogP contribution is -1.90. The van der Waals surface area contributed by atoms with Crippen LogP contribution >= 0.6 is 0 Å². The zero-order valence-corrected chi connectivity index (χ0v) is 20.3. The minimum atomic E-state index is 0.962. The Morgan fingerprint density at radius 2 is 0.838 bits per heavy atom. The number of fused-ring (bicyclic) bond motifs is 17. The normalized spacial score (nSPS) is 12.8. The summed E-state index contributed by atoms with van der Waals surface area (Å²) in [5, 5.41) is 16.3. The predicted octanol–water partition coefficient (Wildman–Crippen LogP) is 10.2. The third-order valence-corrected chi connectivity index (χ3v) is 8.66. The maximum Gasteiger partial charge on any atom is -0.0000653 e. The van der Waals surface area contributed by atoms with Gasteiger partial charge in [0, 0.05) is 0 Å². The lowest BCUT2D eigenvalue weighted by Gasteiger charge is -2.15. The second-order valence-corrected chi connectivity index (χ2v) is 10.4. The van der Waals surface area contributed by atoms with Crippen LogP contribution in [0.15, 0.2) is 121 Å². The number of rotatable bonds is 0. The molecule has 0 nitrogen and oxygen atoms in total. The smallest absolute Gasteiger partial charge is 0.0000653 e. The van der Waals surface area contributed by atoms with Crippen molar-refractivity contribution in [3.05, 3.63) is 132 Å². The van der Waals surface area contributed by atoms with E-state index in [1.54, 1.807) is 0 Å². The van der Waals surface area contributed by atoms with E-state index in [1.807, 2.05) is 0 Å². The highest BCUT2D eigenvalue weighted by atomic mass is 14.3. The molecule has 8 aromatic rings. The summed E-state index contributed by atoms with van der Waals surface area (Å²) >= 11 is 0. The third-order valence-electron chi connectivity index (χ3n) is 8.66. The molecule has 0 fully saturated rings. The van der Waals surface area contributed by atoms with Gasteiger partial charge in [-0.2, -0.15) is 0 Å². The van der Waals surface area contributed by atoms with E-state index in [1.165, 1.54) is 86.9 Å². The Morgan fingerprint density at radius 3 is 1.57 bits per heavy atom. The van der Waals surface area contributed by atoms with Gasteiger partial charge in [-0.15, -0.1) is 0 Å². The van der Waals surface area contributed by atoms with Crippen molar-refractivity contribution in [1.82, 2.24) is 0 Å². The number of hydrogen-bond acceptors (Lipinski definition) is 0. The lowest BCUT2D eigenvalue weighted by molar-refractivity contribution is 1.31. The predicted molar refractivity (Wildman–Crippen MR) is 160 cm³/mol. The van der Waals surface area contributed by atoms with Crippen molar-refractivity contribution >= 4 is 64.6 Å². The molecule has 0 N–H and O–H groups in total. The van der Waals surface area contributed by atoms with Crippen LogP contribution in [0.2, 0.25) is 0 Å². The molecule has 0 bridgehead atoms. The highest BCUT2D eigenvalue weighted by Crippen LogP contribution is 2.51. The van der Waals surface area contributed by atoms with Crippen LogP contribution in [0.25, 0.3) is 75.8 Å². The van der Waals surface area contributed by atoms with Gasteiger partial charge in [0.25, 0.3) is 0 Å². The summed E-state index contributed by atoms with van der Waals surface area (Å²) in [7, 11) is 0. The van der Waals surface area contributed by atoms with E-state index in [-0.39, 0.29) is 0 Å². The molecule has 170 valence electrons. The molecule has 0 heterocycles. The Kier molecular flexibility index (Phi) is 3.67. The summed E-state index contributed by atoms with van der Waals surface area (Å²) in [5.41, 5.74) is 5.76. The molecule has 0 aliphatic heterocycles. The average molecular weight is 467 g/mol. The zero-order valence-electron chi connectivity index (χ0n) is 20.3. The minimum Gasteiger partial charge on any atom is -0.0616 e. The largest absolute Gasteiger partial charge is 0.0616 e. The third kappa shape index (κ3) is 2.43. The SMILES string of the molecule is c1ccc2c(c1)ccc1c3c(c4ccccc4c12)-c1ccc2c4ccccc4c4ccccc4c2c1C3. The van der Waals surface area contributed by atoms with Gasteiger partial charge < -0.3 is 0 Å². The molecule has 1 aliphatic rings. The number of benzene rings is 8. The molecule has 0 saturated heterocycles. The van der Waals surface area contributed by atoms with Gasteiger partial charge in [0.05, 0.1) is 0 Å². The fourth-order valence-electron chi connectivity index (χ4n) is 7.18. The highest BCUT2D eigenvalue weighted by molar-refractivity contribution is 6.30. The van der Waals surface area contributed by atoms with Gasteiger partial charge in [-0.3, -0.25) is 0 Å². The van der Waals surface area contributed by atoms with Gasteiger partial charge in [-0.25, -0.2) is 0 Å². The molecule has 0 amide bonds. The summed E-state index contributed by atoms with van der Waals surface area (Å²) in [5.74, 6) is 0. The standard InChI is InChI=1S/C37H22/c1-2-10-23-22(9-1)17-18-31-33-21-34-32(37(33)29-16-8-7-15-28(29)35(23)31)20-19-30-26-13-4-3-11-24(26)25-12-5-6-14-27(25)36(30)34/h1-20H,21H2. The maximum atomic E-state index is 2.39. The van der Waals surface area contributed by atoms with Gasteiger partial charge in [-0.1, -0.05) is 121 Å². The quantitative estimate of drug-likeness (QED) is 0.195. The van der Waals surface area contributed by atoms with E-state index in [0.29, 0.717) is 0 Å². The maximum absolute atomic E-state index is 2.39. The molecule has 1 aliphatic carbocycles. The second-order valence-electron chi connectivity index (χ2n) is 10.4. The molecule has 8 aromatic carbocycles. The second kappa shape index (κ2) is 6.96. The van der Waals surface area contributed by atoms with Crippen molar-refractivity contribution in [3.8, 4) is 11.1 Å².